The van der Waals surface area contributed by atoms with E-state index in [1.165, 1.54) is 13.5 Å². The molecule has 1 fully saturated rings. The first-order valence-corrected chi connectivity index (χ1v) is 8.48. The van der Waals surface area contributed by atoms with E-state index in [0.717, 1.165) is 31.2 Å². The molecule has 6 nitrogen and oxygen atoms in total. The summed E-state index contributed by atoms with van der Waals surface area (Å²) in [6.45, 7) is 2.07. The van der Waals surface area contributed by atoms with Crippen molar-refractivity contribution in [1.29, 1.82) is 0 Å². The summed E-state index contributed by atoms with van der Waals surface area (Å²) in [6, 6.07) is 4.79. The summed E-state index contributed by atoms with van der Waals surface area (Å²) < 4.78 is 4.90. The minimum atomic E-state index is -0.752. The van der Waals surface area contributed by atoms with Crippen molar-refractivity contribution in [2.75, 3.05) is 24.4 Å². The number of hydrogen-bond donors (Lipinski definition) is 3. The number of halogens is 1. The number of carbonyl (C=O) groups is 2. The number of nitrogens with one attached hydrogen (secondary N) is 2. The monoisotopic (exact) mass is 369 g/mol. The highest BCUT2D eigenvalue weighted by atomic mass is 35.5. The number of carbonyl (C=O) groups excluding carboxylic acids is 2. The van der Waals surface area contributed by atoms with Crippen LogP contribution in [0.3, 0.4) is 0 Å². The number of rotatable bonds is 6. The molecule has 25 heavy (non-hydrogen) atoms. The summed E-state index contributed by atoms with van der Waals surface area (Å²) in [6.07, 6.45) is 5.26. The number of ether oxygens (including phenoxy) is 1. The van der Waals surface area contributed by atoms with E-state index >= 15 is 0 Å². The number of hydrogen-bond acceptors (Lipinski definition) is 4. The van der Waals surface area contributed by atoms with Crippen LogP contribution in [0.5, 0.6) is 0 Å². The maximum absolute atomic E-state index is 12.5. The van der Waals surface area contributed by atoms with E-state index in [-0.39, 0.29) is 36.7 Å². The fraction of sp³-hybridized carbons (Fsp3) is 0.556. The SMILES string of the molecule is COC[C@H](N)C(=O)Nc1cc(C)ccc1NC(=O)C1CCCCC1.Cl. The van der Waals surface area contributed by atoms with Crippen LogP contribution in [0.2, 0.25) is 0 Å². The summed E-state index contributed by atoms with van der Waals surface area (Å²) in [5.41, 5.74) is 7.92. The van der Waals surface area contributed by atoms with Crippen molar-refractivity contribution in [1.82, 2.24) is 0 Å². The molecule has 0 aliphatic heterocycles. The highest BCUT2D eigenvalue weighted by molar-refractivity contribution is 6.01. The Morgan fingerprint density at radius 3 is 2.52 bits per heavy atom. The van der Waals surface area contributed by atoms with Gasteiger partial charge in [0.25, 0.3) is 0 Å². The zero-order valence-corrected chi connectivity index (χ0v) is 15.7. The number of aryl methyl sites for hydroxylation is 1. The van der Waals surface area contributed by atoms with Crippen molar-refractivity contribution >= 4 is 35.6 Å². The van der Waals surface area contributed by atoms with Crippen LogP contribution in [0.4, 0.5) is 11.4 Å². The van der Waals surface area contributed by atoms with Gasteiger partial charge < -0.3 is 21.1 Å². The second-order valence-corrected chi connectivity index (χ2v) is 6.42. The summed E-state index contributed by atoms with van der Waals surface area (Å²) in [7, 11) is 1.50. The molecule has 2 rings (SSSR count). The molecule has 7 heteroatoms. The Hall–Kier alpha value is -1.63. The van der Waals surface area contributed by atoms with Gasteiger partial charge in [-0.1, -0.05) is 25.3 Å². The molecule has 1 aliphatic rings. The molecule has 4 N–H and O–H groups in total. The number of amides is 2. The van der Waals surface area contributed by atoms with E-state index in [1.54, 1.807) is 0 Å². The van der Waals surface area contributed by atoms with Gasteiger partial charge in [-0.05, 0) is 37.5 Å². The predicted molar refractivity (Wildman–Crippen MR) is 102 cm³/mol. The van der Waals surface area contributed by atoms with E-state index in [0.29, 0.717) is 11.4 Å². The fourth-order valence-corrected chi connectivity index (χ4v) is 2.95. The zero-order chi connectivity index (χ0) is 17.5. The van der Waals surface area contributed by atoms with Crippen molar-refractivity contribution < 1.29 is 14.3 Å². The van der Waals surface area contributed by atoms with Gasteiger partial charge in [-0.15, -0.1) is 12.4 Å². The lowest BCUT2D eigenvalue weighted by Crippen LogP contribution is -2.39. The van der Waals surface area contributed by atoms with Gasteiger partial charge in [-0.3, -0.25) is 9.59 Å². The molecule has 0 aromatic heterocycles. The molecule has 0 bridgehead atoms. The minimum absolute atomic E-state index is 0. The average molecular weight is 370 g/mol. The third-order valence-corrected chi connectivity index (χ3v) is 4.35. The molecule has 1 aromatic carbocycles. The fourth-order valence-electron chi connectivity index (χ4n) is 2.95. The van der Waals surface area contributed by atoms with Crippen molar-refractivity contribution in [3.8, 4) is 0 Å². The summed E-state index contributed by atoms with van der Waals surface area (Å²) in [4.78, 5) is 24.6. The molecule has 1 aromatic rings. The molecular weight excluding hydrogens is 342 g/mol. The average Bonchev–Trinajstić information content (AvgIpc) is 2.58. The molecule has 1 aliphatic carbocycles. The van der Waals surface area contributed by atoms with Crippen LogP contribution < -0.4 is 16.4 Å². The number of benzene rings is 1. The maximum Gasteiger partial charge on any atom is 0.243 e. The van der Waals surface area contributed by atoms with E-state index in [9.17, 15) is 9.59 Å². The van der Waals surface area contributed by atoms with Crippen LogP contribution in [-0.4, -0.2) is 31.6 Å². The Morgan fingerprint density at radius 1 is 1.20 bits per heavy atom. The Balaban J connectivity index is 0.00000312. The predicted octanol–water partition coefficient (Wildman–Crippen LogP) is 2.85. The Labute approximate surface area is 155 Å². The molecule has 0 heterocycles. The first-order valence-electron chi connectivity index (χ1n) is 8.48. The summed E-state index contributed by atoms with van der Waals surface area (Å²) in [5, 5.41) is 5.74. The Bertz CT molecular complexity index is 589. The van der Waals surface area contributed by atoms with Gasteiger partial charge in [-0.25, -0.2) is 0 Å². The Kier molecular flexibility index (Phi) is 8.89. The number of nitrogens with two attached hydrogens (primary N) is 1. The minimum Gasteiger partial charge on any atom is -0.383 e. The van der Waals surface area contributed by atoms with Crippen LogP contribution in [-0.2, 0) is 14.3 Å². The lowest BCUT2D eigenvalue weighted by Gasteiger charge is -2.22. The molecular formula is C18H28ClN3O3. The van der Waals surface area contributed by atoms with E-state index < -0.39 is 6.04 Å². The van der Waals surface area contributed by atoms with Gasteiger partial charge in [-0.2, -0.15) is 0 Å². The molecule has 0 saturated heterocycles. The standard InChI is InChI=1S/C18H27N3O3.ClH/c1-12-8-9-15(20-17(22)13-6-4-3-5-7-13)16(10-12)21-18(23)14(19)11-24-2;/h8-10,13-14H,3-7,11,19H2,1-2H3,(H,20,22)(H,21,23);1H/t14-;/m0./s1. The van der Waals surface area contributed by atoms with Crippen LogP contribution in [0.25, 0.3) is 0 Å². The van der Waals surface area contributed by atoms with Crippen molar-refractivity contribution in [3.63, 3.8) is 0 Å². The second-order valence-electron chi connectivity index (χ2n) is 6.42. The highest BCUT2D eigenvalue weighted by Gasteiger charge is 2.22. The molecule has 0 spiro atoms. The summed E-state index contributed by atoms with van der Waals surface area (Å²) >= 11 is 0. The van der Waals surface area contributed by atoms with Gasteiger partial charge in [0, 0.05) is 13.0 Å². The molecule has 1 atom stereocenters. The summed E-state index contributed by atoms with van der Waals surface area (Å²) in [5.74, 6) is -0.259. The van der Waals surface area contributed by atoms with E-state index in [4.69, 9.17) is 10.5 Å². The van der Waals surface area contributed by atoms with Crippen LogP contribution in [0.1, 0.15) is 37.7 Å². The second kappa shape index (κ2) is 10.4. The van der Waals surface area contributed by atoms with Crippen molar-refractivity contribution in [2.24, 2.45) is 11.7 Å². The third-order valence-electron chi connectivity index (χ3n) is 4.35. The molecule has 0 unspecified atom stereocenters. The lowest BCUT2D eigenvalue weighted by molar-refractivity contribution is -0.121. The normalized spacial score (nSPS) is 15.8. The van der Waals surface area contributed by atoms with Gasteiger partial charge >= 0.3 is 0 Å². The van der Waals surface area contributed by atoms with Crippen molar-refractivity contribution in [2.45, 2.75) is 45.1 Å². The lowest BCUT2D eigenvalue weighted by atomic mass is 9.88. The van der Waals surface area contributed by atoms with Crippen LogP contribution in [0, 0.1) is 12.8 Å². The topological polar surface area (TPSA) is 93.4 Å². The van der Waals surface area contributed by atoms with E-state index in [1.807, 2.05) is 25.1 Å². The third kappa shape index (κ3) is 6.30. The smallest absolute Gasteiger partial charge is 0.243 e. The van der Waals surface area contributed by atoms with Crippen LogP contribution >= 0.6 is 12.4 Å². The number of anilines is 2. The first kappa shape index (κ1) is 21.4. The number of methoxy groups -OCH3 is 1. The molecule has 0 radical (unpaired) electrons. The molecule has 1 saturated carbocycles. The quantitative estimate of drug-likeness (QED) is 0.718. The molecule has 140 valence electrons. The zero-order valence-electron chi connectivity index (χ0n) is 14.8. The first-order chi connectivity index (χ1) is 11.5. The Morgan fingerprint density at radius 2 is 1.88 bits per heavy atom. The van der Waals surface area contributed by atoms with Gasteiger partial charge in [0.1, 0.15) is 6.04 Å². The van der Waals surface area contributed by atoms with Gasteiger partial charge in [0.2, 0.25) is 11.8 Å². The van der Waals surface area contributed by atoms with Crippen molar-refractivity contribution in [3.05, 3.63) is 23.8 Å². The largest absolute Gasteiger partial charge is 0.383 e. The maximum atomic E-state index is 12.5. The van der Waals surface area contributed by atoms with Gasteiger partial charge in [0.15, 0.2) is 0 Å². The molecule has 2 amide bonds. The van der Waals surface area contributed by atoms with Gasteiger partial charge in [0.05, 0.1) is 18.0 Å². The van der Waals surface area contributed by atoms with Crippen LogP contribution in [0.15, 0.2) is 18.2 Å². The highest BCUT2D eigenvalue weighted by Crippen LogP contribution is 2.28. The van der Waals surface area contributed by atoms with E-state index in [2.05, 4.69) is 10.6 Å².